The van der Waals surface area contributed by atoms with Gasteiger partial charge in [-0.3, -0.25) is 19.3 Å². The van der Waals surface area contributed by atoms with Gasteiger partial charge in [0.1, 0.15) is 0 Å². The summed E-state index contributed by atoms with van der Waals surface area (Å²) in [7, 11) is 1.59. The molecule has 0 aliphatic heterocycles. The number of anilines is 1. The van der Waals surface area contributed by atoms with Crippen LogP contribution in [0, 0.1) is 24.0 Å². The summed E-state index contributed by atoms with van der Waals surface area (Å²) in [4.78, 5) is 26.2. The molecule has 7 nitrogen and oxygen atoms in total. The number of H-pyrrole nitrogens is 1. The second kappa shape index (κ2) is 9.87. The summed E-state index contributed by atoms with van der Waals surface area (Å²) in [6.45, 7) is 2.30. The van der Waals surface area contributed by atoms with Gasteiger partial charge in [-0.25, -0.2) is 0 Å². The van der Waals surface area contributed by atoms with E-state index in [1.165, 1.54) is 4.90 Å². The van der Waals surface area contributed by atoms with Crippen LogP contribution in [0.5, 0.6) is 0 Å². The zero-order chi connectivity index (χ0) is 22.4. The molecular formula is C23H23N5O2S. The number of aryl methyl sites for hydroxylation is 1. The van der Waals surface area contributed by atoms with Crippen LogP contribution >= 0.6 is 12.2 Å². The van der Waals surface area contributed by atoms with E-state index in [-0.39, 0.29) is 24.8 Å². The molecule has 0 saturated carbocycles. The standard InChI is InChI=1S/C23H23N5O2S/c1-4-17-6-5-7-19(14-17)24-20(29)15-27(3)21(30)12-13-28-22(25-26-23(28)31)18-10-8-16(2)9-11-18/h1,5-11,14H,12-13,15H2,2-3H3,(H,24,29)(H,26,31). The summed E-state index contributed by atoms with van der Waals surface area (Å²) in [5.74, 6) is 2.72. The molecule has 0 bridgehead atoms. The average Bonchev–Trinajstić information content (AvgIpc) is 3.12. The molecule has 0 atom stereocenters. The highest BCUT2D eigenvalue weighted by atomic mass is 32.1. The number of rotatable bonds is 7. The van der Waals surface area contributed by atoms with Gasteiger partial charge in [-0.2, -0.15) is 5.10 Å². The van der Waals surface area contributed by atoms with Crippen molar-refractivity contribution >= 4 is 29.7 Å². The van der Waals surface area contributed by atoms with Gasteiger partial charge in [0, 0.05) is 36.8 Å². The molecule has 3 aromatic rings. The Labute approximate surface area is 186 Å². The highest BCUT2D eigenvalue weighted by Gasteiger charge is 2.15. The molecular weight excluding hydrogens is 410 g/mol. The minimum absolute atomic E-state index is 0.0687. The van der Waals surface area contributed by atoms with E-state index in [4.69, 9.17) is 18.6 Å². The minimum atomic E-state index is -0.301. The average molecular weight is 434 g/mol. The number of hydrogen-bond acceptors (Lipinski definition) is 4. The Morgan fingerprint density at radius 1 is 1.26 bits per heavy atom. The lowest BCUT2D eigenvalue weighted by Gasteiger charge is -2.17. The third-order valence-corrected chi connectivity index (χ3v) is 5.05. The van der Waals surface area contributed by atoms with Crippen LogP contribution in [0.4, 0.5) is 5.69 Å². The number of aromatic nitrogens is 3. The second-order valence-corrected chi connectivity index (χ2v) is 7.53. The number of likely N-dealkylation sites (N-methyl/N-ethyl adjacent to an activating group) is 1. The normalized spacial score (nSPS) is 10.4. The van der Waals surface area contributed by atoms with Gasteiger partial charge in [-0.1, -0.05) is 41.8 Å². The van der Waals surface area contributed by atoms with Crippen molar-refractivity contribution in [3.05, 3.63) is 64.4 Å². The van der Waals surface area contributed by atoms with Crippen LogP contribution in [0.3, 0.4) is 0 Å². The van der Waals surface area contributed by atoms with Crippen LogP contribution in [0.1, 0.15) is 17.5 Å². The van der Waals surface area contributed by atoms with Crippen LogP contribution in [0.15, 0.2) is 48.5 Å². The quantitative estimate of drug-likeness (QED) is 0.442. The van der Waals surface area contributed by atoms with E-state index in [0.717, 1.165) is 11.1 Å². The summed E-state index contributed by atoms with van der Waals surface area (Å²) < 4.78 is 2.23. The topological polar surface area (TPSA) is 83.0 Å². The summed E-state index contributed by atoms with van der Waals surface area (Å²) in [6, 6.07) is 14.9. The highest BCUT2D eigenvalue weighted by molar-refractivity contribution is 7.71. The Bertz CT molecular complexity index is 1190. The van der Waals surface area contributed by atoms with Gasteiger partial charge in [0.05, 0.1) is 6.54 Å². The molecule has 158 valence electrons. The number of aromatic amines is 1. The minimum Gasteiger partial charge on any atom is -0.336 e. The molecule has 0 aliphatic carbocycles. The lowest BCUT2D eigenvalue weighted by Crippen LogP contribution is -2.35. The fourth-order valence-corrected chi connectivity index (χ4v) is 3.26. The third-order valence-electron chi connectivity index (χ3n) is 4.74. The maximum Gasteiger partial charge on any atom is 0.243 e. The van der Waals surface area contributed by atoms with E-state index in [2.05, 4.69) is 21.4 Å². The van der Waals surface area contributed by atoms with Gasteiger partial charge in [0.15, 0.2) is 10.6 Å². The van der Waals surface area contributed by atoms with Crippen molar-refractivity contribution in [1.82, 2.24) is 19.7 Å². The zero-order valence-electron chi connectivity index (χ0n) is 17.4. The third kappa shape index (κ3) is 5.68. The molecule has 1 aromatic heterocycles. The maximum atomic E-state index is 12.6. The maximum absolute atomic E-state index is 12.6. The largest absolute Gasteiger partial charge is 0.336 e. The van der Waals surface area contributed by atoms with Crippen molar-refractivity contribution < 1.29 is 9.59 Å². The van der Waals surface area contributed by atoms with Crippen molar-refractivity contribution in [2.24, 2.45) is 0 Å². The highest BCUT2D eigenvalue weighted by Crippen LogP contribution is 2.18. The lowest BCUT2D eigenvalue weighted by atomic mass is 10.1. The molecule has 0 aliphatic rings. The summed E-state index contributed by atoms with van der Waals surface area (Å²) in [5.41, 5.74) is 3.31. The van der Waals surface area contributed by atoms with Crippen molar-refractivity contribution in [2.75, 3.05) is 18.9 Å². The molecule has 0 radical (unpaired) electrons. The SMILES string of the molecule is C#Cc1cccc(NC(=O)CN(C)C(=O)CCn2c(-c3ccc(C)cc3)n[nH]c2=S)c1. The molecule has 0 spiro atoms. The predicted octanol–water partition coefficient (Wildman–Crippen LogP) is 3.38. The molecule has 1 heterocycles. The van der Waals surface area contributed by atoms with Crippen LogP contribution in [-0.2, 0) is 16.1 Å². The van der Waals surface area contributed by atoms with E-state index in [9.17, 15) is 9.59 Å². The smallest absolute Gasteiger partial charge is 0.243 e. The second-order valence-electron chi connectivity index (χ2n) is 7.14. The van der Waals surface area contributed by atoms with E-state index >= 15 is 0 Å². The number of benzene rings is 2. The van der Waals surface area contributed by atoms with Gasteiger partial charge >= 0.3 is 0 Å². The molecule has 2 N–H and O–H groups in total. The van der Waals surface area contributed by atoms with Crippen molar-refractivity contribution in [3.63, 3.8) is 0 Å². The molecule has 2 amide bonds. The van der Waals surface area contributed by atoms with Crippen molar-refractivity contribution in [1.29, 1.82) is 0 Å². The number of amides is 2. The van der Waals surface area contributed by atoms with Gasteiger partial charge < -0.3 is 10.2 Å². The fourth-order valence-electron chi connectivity index (χ4n) is 3.04. The molecule has 0 saturated heterocycles. The van der Waals surface area contributed by atoms with Gasteiger partial charge in [0.25, 0.3) is 0 Å². The van der Waals surface area contributed by atoms with Gasteiger partial charge in [-0.05, 0) is 37.3 Å². The number of terminal acetylenes is 1. The van der Waals surface area contributed by atoms with Crippen LogP contribution < -0.4 is 5.32 Å². The van der Waals surface area contributed by atoms with Crippen LogP contribution in [0.25, 0.3) is 11.4 Å². The predicted molar refractivity (Wildman–Crippen MR) is 123 cm³/mol. The summed E-state index contributed by atoms with van der Waals surface area (Å²) in [5, 5.41) is 9.83. The molecule has 2 aromatic carbocycles. The van der Waals surface area contributed by atoms with Gasteiger partial charge in [0.2, 0.25) is 11.8 Å². The number of carbonyl (C=O) groups excluding carboxylic acids is 2. The number of nitrogens with one attached hydrogen (secondary N) is 2. The van der Waals surface area contributed by atoms with Crippen LogP contribution in [-0.4, -0.2) is 45.1 Å². The summed E-state index contributed by atoms with van der Waals surface area (Å²) in [6.07, 6.45) is 5.56. The van der Waals surface area contributed by atoms with Crippen LogP contribution in [0.2, 0.25) is 0 Å². The first kappa shape index (κ1) is 22.0. The zero-order valence-corrected chi connectivity index (χ0v) is 18.2. The van der Waals surface area contributed by atoms with Crippen molar-refractivity contribution in [2.45, 2.75) is 19.9 Å². The lowest BCUT2D eigenvalue weighted by molar-refractivity contribution is -0.133. The molecule has 0 unspecified atom stereocenters. The van der Waals surface area contributed by atoms with Gasteiger partial charge in [-0.15, -0.1) is 6.42 Å². The monoisotopic (exact) mass is 433 g/mol. The molecule has 31 heavy (non-hydrogen) atoms. The first-order valence-corrected chi connectivity index (χ1v) is 10.1. The Morgan fingerprint density at radius 2 is 2.00 bits per heavy atom. The summed E-state index contributed by atoms with van der Waals surface area (Å²) >= 11 is 5.32. The molecule has 8 heteroatoms. The molecule has 3 rings (SSSR count). The van der Waals surface area contributed by atoms with Crippen molar-refractivity contribution in [3.8, 4) is 23.7 Å². The first-order chi connectivity index (χ1) is 14.9. The van der Waals surface area contributed by atoms with E-state index < -0.39 is 0 Å². The first-order valence-electron chi connectivity index (χ1n) is 9.70. The molecule has 0 fully saturated rings. The Kier molecular flexibility index (Phi) is 7.00. The van der Waals surface area contributed by atoms with E-state index in [1.807, 2.05) is 31.2 Å². The Morgan fingerprint density at radius 3 is 2.71 bits per heavy atom. The fraction of sp³-hybridized carbons (Fsp3) is 0.217. The number of carbonyl (C=O) groups is 2. The van der Waals surface area contributed by atoms with E-state index in [0.29, 0.717) is 28.4 Å². The Balaban J connectivity index is 1.59. The number of nitrogens with zero attached hydrogens (tertiary/aromatic N) is 3. The Hall–Kier alpha value is -3.70. The van der Waals surface area contributed by atoms with E-state index in [1.54, 1.807) is 35.9 Å². The number of hydrogen-bond donors (Lipinski definition) is 2.